The lowest BCUT2D eigenvalue weighted by Gasteiger charge is -2.33. The van der Waals surface area contributed by atoms with Gasteiger partial charge in [-0.2, -0.15) is 5.26 Å². The number of aromatic amines is 1. The lowest BCUT2D eigenvalue weighted by molar-refractivity contribution is 0.103. The third-order valence-electron chi connectivity index (χ3n) is 6.56. The molecule has 166 valence electrons. The Kier molecular flexibility index (Phi) is 6.07. The topological polar surface area (TPSA) is 69.1 Å². The van der Waals surface area contributed by atoms with Crippen LogP contribution in [0.5, 0.6) is 5.75 Å². The van der Waals surface area contributed by atoms with Crippen LogP contribution >= 0.6 is 11.8 Å². The molecule has 0 bridgehead atoms. The third-order valence-corrected chi connectivity index (χ3v) is 7.58. The van der Waals surface area contributed by atoms with Gasteiger partial charge in [0.25, 0.3) is 0 Å². The number of carbonyl (C=O) groups excluding carboxylic acids is 1. The molecule has 0 aliphatic heterocycles. The number of ketones is 1. The number of nitrogens with one attached hydrogen (secondary N) is 1. The second kappa shape index (κ2) is 8.65. The number of hydrogen-bond acceptors (Lipinski definition) is 5. The Balaban J connectivity index is 1.79. The van der Waals surface area contributed by atoms with Gasteiger partial charge in [0.05, 0.1) is 29.2 Å². The normalized spacial score (nSPS) is 14.3. The van der Waals surface area contributed by atoms with Crippen LogP contribution in [0.2, 0.25) is 0 Å². The summed E-state index contributed by atoms with van der Waals surface area (Å²) in [6.45, 7) is 11.7. The monoisotopic (exact) mass is 447 g/mol. The standard InChI is InChI=1S/C26H29N3O2S/c1-6-29(7-2)10-11-32-22-13-18-19(14-21(22)31-5)26(3,4)25-23(24(18)30)17-9-8-16(15-27)12-20(17)28-25/h8-9,12-14,28H,6-7,10-11H2,1-5H3. The quantitative estimate of drug-likeness (QED) is 0.494. The maximum atomic E-state index is 13.7. The van der Waals surface area contributed by atoms with Gasteiger partial charge in [-0.1, -0.05) is 33.8 Å². The highest BCUT2D eigenvalue weighted by Crippen LogP contribution is 2.46. The van der Waals surface area contributed by atoms with Crippen molar-refractivity contribution in [1.29, 1.82) is 5.26 Å². The highest BCUT2D eigenvalue weighted by Gasteiger charge is 2.40. The zero-order chi connectivity index (χ0) is 23.0. The number of nitrogens with zero attached hydrogens (tertiary/aromatic N) is 2. The van der Waals surface area contributed by atoms with Gasteiger partial charge in [-0.05, 0) is 42.9 Å². The SMILES string of the molecule is CCN(CC)CCSc1cc2c(cc1OC)C(C)(C)c1[nH]c3cc(C#N)ccc3c1C2=O. The minimum atomic E-state index is -0.401. The van der Waals surface area contributed by atoms with Crippen molar-refractivity contribution in [2.75, 3.05) is 32.5 Å². The van der Waals surface area contributed by atoms with E-state index in [1.165, 1.54) is 0 Å². The van der Waals surface area contributed by atoms with E-state index >= 15 is 0 Å². The molecule has 0 amide bonds. The summed E-state index contributed by atoms with van der Waals surface area (Å²) in [7, 11) is 1.69. The van der Waals surface area contributed by atoms with E-state index < -0.39 is 5.41 Å². The van der Waals surface area contributed by atoms with E-state index in [4.69, 9.17) is 4.74 Å². The smallest absolute Gasteiger partial charge is 0.195 e. The number of methoxy groups -OCH3 is 1. The van der Waals surface area contributed by atoms with Crippen LogP contribution in [0.3, 0.4) is 0 Å². The van der Waals surface area contributed by atoms with Gasteiger partial charge in [0.1, 0.15) is 5.75 Å². The average molecular weight is 448 g/mol. The van der Waals surface area contributed by atoms with Crippen molar-refractivity contribution in [2.45, 2.75) is 38.0 Å². The molecule has 1 N–H and O–H groups in total. The molecule has 2 aromatic carbocycles. The first-order chi connectivity index (χ1) is 15.3. The van der Waals surface area contributed by atoms with Crippen molar-refractivity contribution in [3.63, 3.8) is 0 Å². The third kappa shape index (κ3) is 3.60. The number of ether oxygens (including phenoxy) is 1. The molecule has 1 heterocycles. The van der Waals surface area contributed by atoms with Gasteiger partial charge in [-0.15, -0.1) is 11.8 Å². The van der Waals surface area contributed by atoms with Gasteiger partial charge in [0.15, 0.2) is 5.78 Å². The second-order valence-corrected chi connectivity index (χ2v) is 9.76. The van der Waals surface area contributed by atoms with Crippen molar-refractivity contribution >= 4 is 28.4 Å². The van der Waals surface area contributed by atoms with Crippen molar-refractivity contribution in [3.05, 3.63) is 58.3 Å². The molecule has 5 nitrogen and oxygen atoms in total. The molecule has 1 aromatic heterocycles. The Morgan fingerprint density at radius 1 is 1.19 bits per heavy atom. The number of benzene rings is 2. The number of hydrogen-bond donors (Lipinski definition) is 1. The highest BCUT2D eigenvalue weighted by molar-refractivity contribution is 7.99. The predicted molar refractivity (Wildman–Crippen MR) is 130 cm³/mol. The molecule has 0 fully saturated rings. The molecular weight excluding hydrogens is 418 g/mol. The zero-order valence-electron chi connectivity index (χ0n) is 19.3. The molecule has 0 spiro atoms. The summed E-state index contributed by atoms with van der Waals surface area (Å²) in [5.41, 5.74) is 4.31. The van der Waals surface area contributed by atoms with Crippen molar-refractivity contribution in [1.82, 2.24) is 9.88 Å². The summed E-state index contributed by atoms with van der Waals surface area (Å²) in [6.07, 6.45) is 0. The van der Waals surface area contributed by atoms with E-state index in [0.29, 0.717) is 11.1 Å². The van der Waals surface area contributed by atoms with Crippen molar-refractivity contribution in [2.24, 2.45) is 0 Å². The fourth-order valence-corrected chi connectivity index (χ4v) is 5.66. The fourth-order valence-electron chi connectivity index (χ4n) is 4.60. The molecular formula is C26H29N3O2S. The molecule has 1 aliphatic rings. The first-order valence-electron chi connectivity index (χ1n) is 11.0. The maximum Gasteiger partial charge on any atom is 0.195 e. The van der Waals surface area contributed by atoms with Crippen LogP contribution in [0.15, 0.2) is 35.2 Å². The summed E-state index contributed by atoms with van der Waals surface area (Å²) in [5.74, 6) is 1.77. The van der Waals surface area contributed by atoms with Crippen LogP contribution in [0.4, 0.5) is 0 Å². The first-order valence-corrected chi connectivity index (χ1v) is 12.0. The molecule has 4 rings (SSSR count). The number of aromatic nitrogens is 1. The van der Waals surface area contributed by atoms with Crippen LogP contribution < -0.4 is 4.74 Å². The van der Waals surface area contributed by atoms with Gasteiger partial charge in [-0.25, -0.2) is 0 Å². The summed E-state index contributed by atoms with van der Waals surface area (Å²) >= 11 is 1.73. The molecule has 0 radical (unpaired) electrons. The van der Waals surface area contributed by atoms with Crippen LogP contribution in [0, 0.1) is 11.3 Å². The van der Waals surface area contributed by atoms with E-state index in [-0.39, 0.29) is 5.78 Å². The molecule has 6 heteroatoms. The molecule has 0 saturated carbocycles. The van der Waals surface area contributed by atoms with Crippen LogP contribution in [0.25, 0.3) is 10.9 Å². The number of thioether (sulfide) groups is 1. The lowest BCUT2D eigenvalue weighted by Crippen LogP contribution is -2.30. The Morgan fingerprint density at radius 3 is 2.59 bits per heavy atom. The fraction of sp³-hybridized carbons (Fsp3) is 0.385. The maximum absolute atomic E-state index is 13.7. The Morgan fingerprint density at radius 2 is 1.94 bits per heavy atom. The number of H-pyrrole nitrogens is 1. The van der Waals surface area contributed by atoms with Crippen molar-refractivity contribution in [3.8, 4) is 11.8 Å². The van der Waals surface area contributed by atoms with Crippen LogP contribution in [-0.2, 0) is 5.41 Å². The molecule has 3 aromatic rings. The van der Waals surface area contributed by atoms with E-state index in [9.17, 15) is 10.1 Å². The minimum absolute atomic E-state index is 0.0264. The zero-order valence-corrected chi connectivity index (χ0v) is 20.2. The molecule has 0 saturated heterocycles. The largest absolute Gasteiger partial charge is 0.496 e. The molecule has 32 heavy (non-hydrogen) atoms. The molecule has 1 aliphatic carbocycles. The van der Waals surface area contributed by atoms with Crippen LogP contribution in [0.1, 0.15) is 60.4 Å². The predicted octanol–water partition coefficient (Wildman–Crippen LogP) is 5.35. The van der Waals surface area contributed by atoms with Gasteiger partial charge < -0.3 is 14.6 Å². The Labute approximate surface area is 193 Å². The summed E-state index contributed by atoms with van der Waals surface area (Å²) in [6, 6.07) is 11.7. The average Bonchev–Trinajstić information content (AvgIpc) is 3.20. The van der Waals surface area contributed by atoms with E-state index in [0.717, 1.165) is 63.8 Å². The van der Waals surface area contributed by atoms with Crippen molar-refractivity contribution < 1.29 is 9.53 Å². The Bertz CT molecular complexity index is 1230. The van der Waals surface area contributed by atoms with Gasteiger partial charge in [0.2, 0.25) is 0 Å². The number of carbonyl (C=O) groups is 1. The summed E-state index contributed by atoms with van der Waals surface area (Å²) < 4.78 is 5.74. The van der Waals surface area contributed by atoms with Gasteiger partial charge >= 0.3 is 0 Å². The van der Waals surface area contributed by atoms with E-state index in [2.05, 4.69) is 43.6 Å². The number of rotatable bonds is 7. The van der Waals surface area contributed by atoms with Gasteiger partial charge in [0, 0.05) is 39.9 Å². The Hall–Kier alpha value is -2.75. The molecule has 0 unspecified atom stereocenters. The highest BCUT2D eigenvalue weighted by atomic mass is 32.2. The van der Waals surface area contributed by atoms with E-state index in [1.807, 2.05) is 24.3 Å². The first kappa shape index (κ1) is 22.4. The summed E-state index contributed by atoms with van der Waals surface area (Å²) in [5, 5.41) is 10.1. The van der Waals surface area contributed by atoms with Crippen LogP contribution in [-0.4, -0.2) is 48.2 Å². The lowest BCUT2D eigenvalue weighted by atomic mass is 9.71. The number of fused-ring (bicyclic) bond motifs is 4. The van der Waals surface area contributed by atoms with Gasteiger partial charge in [-0.3, -0.25) is 4.79 Å². The minimum Gasteiger partial charge on any atom is -0.496 e. The number of nitriles is 1. The molecule has 0 atom stereocenters. The summed E-state index contributed by atoms with van der Waals surface area (Å²) in [4.78, 5) is 20.5. The second-order valence-electron chi connectivity index (χ2n) is 8.63. The van der Waals surface area contributed by atoms with E-state index in [1.54, 1.807) is 24.9 Å².